The van der Waals surface area contributed by atoms with Crippen LogP contribution >= 0.6 is 0 Å². The summed E-state index contributed by atoms with van der Waals surface area (Å²) in [5, 5.41) is 10.9. The van der Waals surface area contributed by atoms with Gasteiger partial charge in [0.25, 0.3) is 0 Å². The SMILES string of the molecule is C=C(OCC(O)C1OC(=O)C(OCc2ccccc2)=C1OCc1ccccc1)c1ccc(N(C)C)cc1. The lowest BCUT2D eigenvalue weighted by molar-refractivity contribution is -0.148. The molecule has 2 unspecified atom stereocenters. The Hall–Kier alpha value is -4.23. The van der Waals surface area contributed by atoms with E-state index in [1.54, 1.807) is 0 Å². The highest BCUT2D eigenvalue weighted by Gasteiger charge is 2.42. The number of carbonyl (C=O) groups excluding carboxylic acids is 1. The standard InChI is InChI=1S/C30H31NO6/c1-21(24-14-16-25(17-15-24)31(2)3)34-20-26(32)27-28(35-18-22-10-6-4-7-11-22)29(30(33)37-27)36-19-23-12-8-5-9-13-23/h4-17,26-27,32H,1,18-20H2,2-3H3. The number of benzene rings is 3. The first-order valence-corrected chi connectivity index (χ1v) is 12.0. The van der Waals surface area contributed by atoms with E-state index in [9.17, 15) is 9.90 Å². The third kappa shape index (κ3) is 6.71. The van der Waals surface area contributed by atoms with Crippen molar-refractivity contribution < 1.29 is 28.8 Å². The number of rotatable bonds is 12. The van der Waals surface area contributed by atoms with Crippen LogP contribution in [0.2, 0.25) is 0 Å². The fraction of sp³-hybridized carbons (Fsp3) is 0.233. The molecule has 1 N–H and O–H groups in total. The summed E-state index contributed by atoms with van der Waals surface area (Å²) in [5.74, 6) is -0.213. The molecule has 0 aromatic heterocycles. The van der Waals surface area contributed by atoms with Gasteiger partial charge >= 0.3 is 5.97 Å². The Labute approximate surface area is 217 Å². The molecule has 2 atom stereocenters. The van der Waals surface area contributed by atoms with E-state index in [-0.39, 0.29) is 31.3 Å². The Kier molecular flexibility index (Phi) is 8.48. The molecule has 3 aromatic rings. The molecule has 1 heterocycles. The summed E-state index contributed by atoms with van der Waals surface area (Å²) in [4.78, 5) is 14.7. The number of esters is 1. The van der Waals surface area contributed by atoms with E-state index >= 15 is 0 Å². The minimum atomic E-state index is -1.20. The lowest BCUT2D eigenvalue weighted by Gasteiger charge is -2.21. The van der Waals surface area contributed by atoms with Gasteiger partial charge in [-0.15, -0.1) is 0 Å². The van der Waals surface area contributed by atoms with Crippen LogP contribution in [0.25, 0.3) is 5.76 Å². The summed E-state index contributed by atoms with van der Waals surface area (Å²) in [7, 11) is 3.92. The lowest BCUT2D eigenvalue weighted by Crippen LogP contribution is -2.33. The van der Waals surface area contributed by atoms with Crippen LogP contribution < -0.4 is 4.90 Å². The number of cyclic esters (lactones) is 1. The second-order valence-electron chi connectivity index (χ2n) is 8.81. The normalized spacial score (nSPS) is 15.6. The van der Waals surface area contributed by atoms with Crippen LogP contribution in [0, 0.1) is 0 Å². The maximum atomic E-state index is 12.7. The number of carbonyl (C=O) groups is 1. The van der Waals surface area contributed by atoms with Crippen LogP contribution in [-0.4, -0.2) is 44.0 Å². The van der Waals surface area contributed by atoms with E-state index in [0.29, 0.717) is 5.76 Å². The van der Waals surface area contributed by atoms with Gasteiger partial charge in [0.1, 0.15) is 31.7 Å². The van der Waals surface area contributed by atoms with Crippen molar-refractivity contribution in [3.63, 3.8) is 0 Å². The first kappa shape index (κ1) is 25.9. The molecular weight excluding hydrogens is 470 g/mol. The molecule has 0 radical (unpaired) electrons. The first-order chi connectivity index (χ1) is 17.9. The van der Waals surface area contributed by atoms with Gasteiger partial charge in [-0.1, -0.05) is 67.2 Å². The molecule has 0 saturated heterocycles. The van der Waals surface area contributed by atoms with E-state index in [4.69, 9.17) is 18.9 Å². The highest BCUT2D eigenvalue weighted by molar-refractivity contribution is 5.89. The second kappa shape index (κ2) is 12.1. The molecule has 1 aliphatic rings. The molecule has 7 heteroatoms. The Morgan fingerprint density at radius 3 is 2.05 bits per heavy atom. The van der Waals surface area contributed by atoms with Gasteiger partial charge in [-0.25, -0.2) is 4.79 Å². The quantitative estimate of drug-likeness (QED) is 0.285. The van der Waals surface area contributed by atoms with E-state index in [1.165, 1.54) is 0 Å². The lowest BCUT2D eigenvalue weighted by atomic mass is 10.1. The van der Waals surface area contributed by atoms with Gasteiger partial charge in [-0.2, -0.15) is 0 Å². The van der Waals surface area contributed by atoms with Crippen LogP contribution in [0.4, 0.5) is 5.69 Å². The molecule has 192 valence electrons. The summed E-state index contributed by atoms with van der Waals surface area (Å²) >= 11 is 0. The summed E-state index contributed by atoms with van der Waals surface area (Å²) in [6, 6.07) is 26.7. The number of anilines is 1. The average molecular weight is 502 g/mol. The highest BCUT2D eigenvalue weighted by atomic mass is 16.6. The molecule has 7 nitrogen and oxygen atoms in total. The largest absolute Gasteiger partial charge is 0.491 e. The minimum absolute atomic E-state index is 0.0538. The van der Waals surface area contributed by atoms with E-state index in [0.717, 1.165) is 22.4 Å². The number of hydrogen-bond acceptors (Lipinski definition) is 7. The number of aliphatic hydroxyl groups excluding tert-OH is 1. The van der Waals surface area contributed by atoms with Crippen molar-refractivity contribution in [1.29, 1.82) is 0 Å². The van der Waals surface area contributed by atoms with Crippen molar-refractivity contribution in [1.82, 2.24) is 0 Å². The molecule has 1 aliphatic heterocycles. The number of nitrogens with zero attached hydrogens (tertiary/aromatic N) is 1. The molecule has 0 spiro atoms. The van der Waals surface area contributed by atoms with Crippen molar-refractivity contribution in [2.24, 2.45) is 0 Å². The van der Waals surface area contributed by atoms with Gasteiger partial charge in [0.05, 0.1) is 0 Å². The Morgan fingerprint density at radius 2 is 1.49 bits per heavy atom. The van der Waals surface area contributed by atoms with Gasteiger partial charge in [-0.05, 0) is 35.4 Å². The third-order valence-corrected chi connectivity index (χ3v) is 5.85. The maximum absolute atomic E-state index is 12.7. The molecule has 0 saturated carbocycles. The summed E-state index contributed by atoms with van der Waals surface area (Å²) in [5.41, 5.74) is 3.61. The summed E-state index contributed by atoms with van der Waals surface area (Å²) in [6.45, 7) is 4.14. The Morgan fingerprint density at radius 1 is 0.919 bits per heavy atom. The highest BCUT2D eigenvalue weighted by Crippen LogP contribution is 2.30. The van der Waals surface area contributed by atoms with Crippen LogP contribution in [0.3, 0.4) is 0 Å². The van der Waals surface area contributed by atoms with Crippen molar-refractivity contribution >= 4 is 17.4 Å². The zero-order chi connectivity index (χ0) is 26.2. The van der Waals surface area contributed by atoms with Crippen molar-refractivity contribution in [3.05, 3.63) is 120 Å². The van der Waals surface area contributed by atoms with Crippen LogP contribution in [0.5, 0.6) is 0 Å². The summed E-state index contributed by atoms with van der Waals surface area (Å²) < 4.78 is 23.0. The number of aliphatic hydroxyl groups is 1. The molecular formula is C30H31NO6. The predicted octanol–water partition coefficient (Wildman–Crippen LogP) is 4.67. The summed E-state index contributed by atoms with van der Waals surface area (Å²) in [6.07, 6.45) is -2.28. The fourth-order valence-electron chi connectivity index (χ4n) is 3.75. The van der Waals surface area contributed by atoms with Crippen molar-refractivity contribution in [2.75, 3.05) is 25.6 Å². The predicted molar refractivity (Wildman–Crippen MR) is 141 cm³/mol. The van der Waals surface area contributed by atoms with E-state index in [2.05, 4.69) is 6.58 Å². The van der Waals surface area contributed by atoms with E-state index in [1.807, 2.05) is 104 Å². The second-order valence-corrected chi connectivity index (χ2v) is 8.81. The number of ether oxygens (including phenoxy) is 4. The van der Waals surface area contributed by atoms with E-state index < -0.39 is 18.2 Å². The molecule has 0 aliphatic carbocycles. The molecule has 0 bridgehead atoms. The van der Waals surface area contributed by atoms with Crippen LogP contribution in [0.15, 0.2) is 103 Å². The third-order valence-electron chi connectivity index (χ3n) is 5.85. The zero-order valence-corrected chi connectivity index (χ0v) is 21.0. The fourth-order valence-corrected chi connectivity index (χ4v) is 3.75. The minimum Gasteiger partial charge on any atom is -0.491 e. The van der Waals surface area contributed by atoms with Gasteiger partial charge in [-0.3, -0.25) is 0 Å². The van der Waals surface area contributed by atoms with Crippen molar-refractivity contribution in [3.8, 4) is 0 Å². The molecule has 4 rings (SSSR count). The van der Waals surface area contributed by atoms with Crippen LogP contribution in [0.1, 0.15) is 16.7 Å². The average Bonchev–Trinajstić information content (AvgIpc) is 3.25. The van der Waals surface area contributed by atoms with Gasteiger partial charge in [0.15, 0.2) is 11.9 Å². The van der Waals surface area contributed by atoms with Crippen molar-refractivity contribution in [2.45, 2.75) is 25.4 Å². The van der Waals surface area contributed by atoms with Gasteiger partial charge in [0, 0.05) is 25.3 Å². The maximum Gasteiger partial charge on any atom is 0.378 e. The first-order valence-electron chi connectivity index (χ1n) is 12.0. The molecule has 37 heavy (non-hydrogen) atoms. The smallest absolute Gasteiger partial charge is 0.378 e. The monoisotopic (exact) mass is 501 g/mol. The van der Waals surface area contributed by atoms with Gasteiger partial charge < -0.3 is 29.0 Å². The van der Waals surface area contributed by atoms with Gasteiger partial charge in [0.2, 0.25) is 5.76 Å². The molecule has 0 fully saturated rings. The molecule has 3 aromatic carbocycles. The Bertz CT molecular complexity index is 1220. The Balaban J connectivity index is 1.46. The molecule has 0 amide bonds. The zero-order valence-electron chi connectivity index (χ0n) is 21.0. The number of hydrogen-bond donors (Lipinski definition) is 1. The topological polar surface area (TPSA) is 77.5 Å². The van der Waals surface area contributed by atoms with Crippen LogP contribution in [-0.2, 0) is 37.0 Å².